The molecule has 1 aliphatic heterocycles. The third-order valence-corrected chi connectivity index (χ3v) is 3.79. The molecule has 1 fully saturated rings. The highest BCUT2D eigenvalue weighted by Crippen LogP contribution is 2.23. The average Bonchev–Trinajstić information content (AvgIpc) is 2.97. The minimum atomic E-state index is -0.579. The first-order valence-corrected chi connectivity index (χ1v) is 8.04. The second-order valence-electron chi connectivity index (χ2n) is 5.45. The molecule has 2 aromatic rings. The maximum absolute atomic E-state index is 11.9. The molecule has 2 aromatic heterocycles. The predicted molar refractivity (Wildman–Crippen MR) is 86.0 cm³/mol. The largest absolute Gasteiger partial charge is 0.460 e. The number of morpholine rings is 1. The average molecular weight is 335 g/mol. The quantitative estimate of drug-likeness (QED) is 0.769. The molecule has 0 aliphatic carbocycles. The zero-order valence-corrected chi connectivity index (χ0v) is 13.9. The Bertz CT molecular complexity index is 711. The van der Waals surface area contributed by atoms with E-state index in [4.69, 9.17) is 14.0 Å². The summed E-state index contributed by atoms with van der Waals surface area (Å²) in [5.41, 5.74) is 0.953. The fourth-order valence-electron chi connectivity index (χ4n) is 2.56. The van der Waals surface area contributed by atoms with E-state index in [0.29, 0.717) is 23.4 Å². The van der Waals surface area contributed by atoms with Crippen LogP contribution in [0.1, 0.15) is 23.2 Å². The minimum Gasteiger partial charge on any atom is -0.460 e. The Labute approximate surface area is 139 Å². The molecule has 0 bridgehead atoms. The van der Waals surface area contributed by atoms with Crippen LogP contribution in [-0.2, 0) is 9.47 Å². The van der Waals surface area contributed by atoms with Crippen molar-refractivity contribution in [3.63, 3.8) is 0 Å². The van der Waals surface area contributed by atoms with Crippen LogP contribution < -0.4 is 5.32 Å². The molecule has 1 N–H and O–H groups in total. The topological polar surface area (TPSA) is 103 Å². The third-order valence-electron chi connectivity index (χ3n) is 3.79. The molecule has 0 amide bonds. The van der Waals surface area contributed by atoms with Gasteiger partial charge in [-0.15, -0.1) is 0 Å². The Morgan fingerprint density at radius 3 is 2.88 bits per heavy atom. The van der Waals surface area contributed by atoms with Gasteiger partial charge in [-0.25, -0.2) is 9.78 Å². The van der Waals surface area contributed by atoms with Gasteiger partial charge >= 0.3 is 5.97 Å². The summed E-state index contributed by atoms with van der Waals surface area (Å²) < 4.78 is 15.5. The fourth-order valence-corrected chi connectivity index (χ4v) is 2.56. The van der Waals surface area contributed by atoms with E-state index >= 15 is 0 Å². The SMILES string of the molecule is CCOC(=O)c1nc(NCCN2CCOCC2)c2c(C)noc2n1. The van der Waals surface area contributed by atoms with Crippen molar-refractivity contribution in [2.24, 2.45) is 0 Å². The van der Waals surface area contributed by atoms with Crippen molar-refractivity contribution in [2.75, 3.05) is 51.3 Å². The molecule has 0 spiro atoms. The van der Waals surface area contributed by atoms with Gasteiger partial charge in [-0.3, -0.25) is 4.90 Å². The minimum absolute atomic E-state index is 0.0330. The van der Waals surface area contributed by atoms with E-state index in [2.05, 4.69) is 25.3 Å². The number of hydrogen-bond acceptors (Lipinski definition) is 9. The van der Waals surface area contributed by atoms with Crippen LogP contribution in [0, 0.1) is 6.92 Å². The van der Waals surface area contributed by atoms with Crippen molar-refractivity contribution in [1.29, 1.82) is 0 Å². The van der Waals surface area contributed by atoms with Gasteiger partial charge in [0.1, 0.15) is 11.2 Å². The molecular weight excluding hydrogens is 314 g/mol. The maximum Gasteiger partial charge on any atom is 0.376 e. The Balaban J connectivity index is 1.76. The number of nitrogens with zero attached hydrogens (tertiary/aromatic N) is 4. The number of anilines is 1. The van der Waals surface area contributed by atoms with Crippen LogP contribution >= 0.6 is 0 Å². The number of carbonyl (C=O) groups excluding carboxylic acids is 1. The summed E-state index contributed by atoms with van der Waals surface area (Å²) in [5.74, 6) is -0.0749. The van der Waals surface area contributed by atoms with E-state index in [0.717, 1.165) is 32.8 Å². The first-order valence-electron chi connectivity index (χ1n) is 8.04. The second kappa shape index (κ2) is 7.54. The maximum atomic E-state index is 11.9. The van der Waals surface area contributed by atoms with E-state index in [1.807, 2.05) is 6.92 Å². The number of nitrogens with one attached hydrogen (secondary N) is 1. The molecule has 130 valence electrons. The predicted octanol–water partition coefficient (Wildman–Crippen LogP) is 0.847. The third kappa shape index (κ3) is 3.62. The number of aromatic nitrogens is 3. The van der Waals surface area contributed by atoms with Gasteiger partial charge in [-0.1, -0.05) is 5.16 Å². The Kier molecular flexibility index (Phi) is 5.21. The Morgan fingerprint density at radius 2 is 2.12 bits per heavy atom. The van der Waals surface area contributed by atoms with E-state index in [9.17, 15) is 4.79 Å². The highest BCUT2D eigenvalue weighted by Gasteiger charge is 2.19. The molecule has 3 heterocycles. The molecule has 9 heteroatoms. The number of aryl methyl sites for hydroxylation is 1. The lowest BCUT2D eigenvalue weighted by atomic mass is 10.3. The number of esters is 1. The van der Waals surface area contributed by atoms with Gasteiger partial charge < -0.3 is 19.3 Å². The molecule has 0 saturated carbocycles. The summed E-state index contributed by atoms with van der Waals surface area (Å²) in [5, 5.41) is 7.85. The summed E-state index contributed by atoms with van der Waals surface area (Å²) in [6.45, 7) is 8.69. The van der Waals surface area contributed by atoms with Crippen LogP contribution in [0.5, 0.6) is 0 Å². The Morgan fingerprint density at radius 1 is 1.33 bits per heavy atom. The summed E-state index contributed by atoms with van der Waals surface area (Å²) in [4.78, 5) is 22.6. The first-order chi connectivity index (χ1) is 11.7. The zero-order chi connectivity index (χ0) is 16.9. The van der Waals surface area contributed by atoms with Gasteiger partial charge in [0, 0.05) is 26.2 Å². The molecule has 0 aromatic carbocycles. The molecule has 0 atom stereocenters. The smallest absolute Gasteiger partial charge is 0.376 e. The van der Waals surface area contributed by atoms with E-state index in [1.54, 1.807) is 6.92 Å². The normalized spacial score (nSPS) is 15.6. The number of carbonyl (C=O) groups is 1. The van der Waals surface area contributed by atoms with Crippen molar-refractivity contribution in [1.82, 2.24) is 20.0 Å². The molecule has 0 unspecified atom stereocenters. The first kappa shape index (κ1) is 16.6. The van der Waals surface area contributed by atoms with E-state index < -0.39 is 5.97 Å². The summed E-state index contributed by atoms with van der Waals surface area (Å²) in [6.07, 6.45) is 0. The van der Waals surface area contributed by atoms with Crippen LogP contribution in [0.4, 0.5) is 5.82 Å². The number of fused-ring (bicyclic) bond motifs is 1. The lowest BCUT2D eigenvalue weighted by molar-refractivity contribution is 0.0398. The van der Waals surface area contributed by atoms with Crippen LogP contribution in [0.15, 0.2) is 4.52 Å². The molecular formula is C15H21N5O4. The zero-order valence-electron chi connectivity index (χ0n) is 13.9. The van der Waals surface area contributed by atoms with Crippen LogP contribution in [-0.4, -0.2) is 72.0 Å². The number of ether oxygens (including phenoxy) is 2. The van der Waals surface area contributed by atoms with Gasteiger partial charge in [0.15, 0.2) is 0 Å². The summed E-state index contributed by atoms with van der Waals surface area (Å²) in [7, 11) is 0. The molecule has 1 saturated heterocycles. The van der Waals surface area contributed by atoms with Crippen LogP contribution in [0.25, 0.3) is 11.1 Å². The van der Waals surface area contributed by atoms with Gasteiger partial charge in [-0.05, 0) is 13.8 Å². The fraction of sp³-hybridized carbons (Fsp3) is 0.600. The molecule has 1 aliphatic rings. The highest BCUT2D eigenvalue weighted by atomic mass is 16.5. The Hall–Kier alpha value is -2.26. The van der Waals surface area contributed by atoms with Crippen molar-refractivity contribution in [3.05, 3.63) is 11.5 Å². The van der Waals surface area contributed by atoms with Crippen molar-refractivity contribution >= 4 is 22.9 Å². The van der Waals surface area contributed by atoms with Crippen molar-refractivity contribution in [3.8, 4) is 0 Å². The lowest BCUT2D eigenvalue weighted by Gasteiger charge is -2.26. The van der Waals surface area contributed by atoms with Gasteiger partial charge in [0.05, 0.1) is 25.5 Å². The molecule has 0 radical (unpaired) electrons. The summed E-state index contributed by atoms with van der Waals surface area (Å²) >= 11 is 0. The van der Waals surface area contributed by atoms with E-state index in [-0.39, 0.29) is 18.1 Å². The van der Waals surface area contributed by atoms with Crippen LogP contribution in [0.2, 0.25) is 0 Å². The summed E-state index contributed by atoms with van der Waals surface area (Å²) in [6, 6.07) is 0. The van der Waals surface area contributed by atoms with E-state index in [1.165, 1.54) is 0 Å². The number of rotatable bonds is 6. The van der Waals surface area contributed by atoms with Crippen molar-refractivity contribution in [2.45, 2.75) is 13.8 Å². The highest BCUT2D eigenvalue weighted by molar-refractivity contribution is 5.93. The molecule has 3 rings (SSSR count). The van der Waals surface area contributed by atoms with Crippen LogP contribution in [0.3, 0.4) is 0 Å². The standard InChI is InChI=1S/C15H21N5O4/c1-3-23-15(21)13-17-12(11-10(2)19-24-14(11)18-13)16-4-5-20-6-8-22-9-7-20/h3-9H2,1-2H3,(H,16,17,18). The number of hydrogen-bond donors (Lipinski definition) is 1. The van der Waals surface area contributed by atoms with Crippen molar-refractivity contribution < 1.29 is 18.8 Å². The molecule has 9 nitrogen and oxygen atoms in total. The van der Waals surface area contributed by atoms with Gasteiger partial charge in [0.25, 0.3) is 5.71 Å². The molecule has 24 heavy (non-hydrogen) atoms. The monoisotopic (exact) mass is 335 g/mol. The van der Waals surface area contributed by atoms with Gasteiger partial charge in [-0.2, -0.15) is 4.98 Å². The second-order valence-corrected chi connectivity index (χ2v) is 5.45. The lowest BCUT2D eigenvalue weighted by Crippen LogP contribution is -2.39. The van der Waals surface area contributed by atoms with Gasteiger partial charge in [0.2, 0.25) is 5.82 Å².